The summed E-state index contributed by atoms with van der Waals surface area (Å²) in [5, 5.41) is 12.7. The van der Waals surface area contributed by atoms with Gasteiger partial charge < -0.3 is 19.9 Å². The van der Waals surface area contributed by atoms with Crippen molar-refractivity contribution in [2.75, 3.05) is 7.11 Å². The molecule has 0 heterocycles. The second-order valence-corrected chi connectivity index (χ2v) is 6.68. The van der Waals surface area contributed by atoms with Crippen LogP contribution in [0.2, 0.25) is 0 Å². The van der Waals surface area contributed by atoms with Gasteiger partial charge in [-0.3, -0.25) is 4.79 Å². The molecule has 0 aromatic rings. The highest BCUT2D eigenvalue weighted by Gasteiger charge is 2.56. The minimum Gasteiger partial charge on any atom is -0.469 e. The number of carbonyl (C=O) groups is 2. The summed E-state index contributed by atoms with van der Waals surface area (Å²) in [5.74, 6) is -0.745. The van der Waals surface area contributed by atoms with Crippen molar-refractivity contribution in [1.82, 2.24) is 5.32 Å². The molecule has 2 fully saturated rings. The Morgan fingerprint density at radius 1 is 1.25 bits per heavy atom. The molecule has 6 heteroatoms. The van der Waals surface area contributed by atoms with Gasteiger partial charge in [0, 0.05) is 5.92 Å². The summed E-state index contributed by atoms with van der Waals surface area (Å²) in [4.78, 5) is 23.8. The molecule has 1 amide bonds. The molecule has 114 valence electrons. The normalized spacial score (nSPS) is 35.8. The van der Waals surface area contributed by atoms with Crippen LogP contribution in [-0.4, -0.2) is 42.0 Å². The third-order valence-electron chi connectivity index (χ3n) is 4.13. The van der Waals surface area contributed by atoms with E-state index in [1.165, 1.54) is 7.11 Å². The Bertz CT molecular complexity index is 403. The largest absolute Gasteiger partial charge is 0.469 e. The van der Waals surface area contributed by atoms with Crippen LogP contribution in [0, 0.1) is 17.8 Å². The molecule has 1 unspecified atom stereocenters. The van der Waals surface area contributed by atoms with Crippen LogP contribution in [-0.2, 0) is 14.3 Å². The highest BCUT2D eigenvalue weighted by Crippen LogP contribution is 2.49. The molecule has 2 N–H and O–H groups in total. The lowest BCUT2D eigenvalue weighted by Gasteiger charge is -2.33. The van der Waals surface area contributed by atoms with E-state index >= 15 is 0 Å². The van der Waals surface area contributed by atoms with Gasteiger partial charge >= 0.3 is 12.1 Å². The number of ether oxygens (including phenoxy) is 2. The summed E-state index contributed by atoms with van der Waals surface area (Å²) >= 11 is 0. The molecular weight excluding hydrogens is 262 g/mol. The van der Waals surface area contributed by atoms with E-state index in [-0.39, 0.29) is 23.7 Å². The molecule has 0 aromatic carbocycles. The van der Waals surface area contributed by atoms with E-state index in [9.17, 15) is 14.7 Å². The van der Waals surface area contributed by atoms with Gasteiger partial charge in [-0.2, -0.15) is 0 Å². The van der Waals surface area contributed by atoms with Gasteiger partial charge in [-0.15, -0.1) is 0 Å². The van der Waals surface area contributed by atoms with Crippen molar-refractivity contribution >= 4 is 12.1 Å². The highest BCUT2D eigenvalue weighted by molar-refractivity contribution is 5.76. The van der Waals surface area contributed by atoms with Crippen molar-refractivity contribution in [3.8, 4) is 0 Å². The lowest BCUT2D eigenvalue weighted by molar-refractivity contribution is -0.149. The minimum atomic E-state index is -0.596. The number of amides is 1. The Hall–Kier alpha value is -1.30. The molecule has 2 aliphatic rings. The number of aliphatic hydroxyl groups is 1. The highest BCUT2D eigenvalue weighted by atomic mass is 16.6. The Labute approximate surface area is 118 Å². The van der Waals surface area contributed by atoms with Crippen molar-refractivity contribution in [3.63, 3.8) is 0 Å². The maximum absolute atomic E-state index is 11.9. The molecule has 2 rings (SSSR count). The van der Waals surface area contributed by atoms with E-state index in [1.54, 1.807) is 20.8 Å². The number of hydrogen-bond donors (Lipinski definition) is 2. The number of hydrogen-bond acceptors (Lipinski definition) is 5. The lowest BCUT2D eigenvalue weighted by atomic mass is 9.83. The van der Waals surface area contributed by atoms with E-state index in [2.05, 4.69) is 5.32 Å². The fraction of sp³-hybridized carbons (Fsp3) is 0.857. The first-order valence-corrected chi connectivity index (χ1v) is 6.98. The van der Waals surface area contributed by atoms with Gasteiger partial charge in [0.25, 0.3) is 0 Å². The molecule has 0 saturated heterocycles. The third kappa shape index (κ3) is 2.90. The van der Waals surface area contributed by atoms with Crippen molar-refractivity contribution in [2.24, 2.45) is 17.8 Å². The summed E-state index contributed by atoms with van der Waals surface area (Å²) in [6, 6.07) is -0.411. The standard InChI is InChI=1S/C14H23NO5/c1-14(2,3)20-13(18)15-11-8-5-7(6-9(8)16)10(11)12(17)19-4/h7-11,16H,5-6H2,1-4H3,(H,15,18)/t7-,8+,9?,10-,11+/m0/s1. The Morgan fingerprint density at radius 2 is 1.90 bits per heavy atom. The van der Waals surface area contributed by atoms with Gasteiger partial charge in [0.1, 0.15) is 5.60 Å². The molecule has 2 bridgehead atoms. The molecule has 5 atom stereocenters. The summed E-state index contributed by atoms with van der Waals surface area (Å²) < 4.78 is 10.0. The van der Waals surface area contributed by atoms with E-state index in [0.29, 0.717) is 6.42 Å². The molecule has 2 saturated carbocycles. The van der Waals surface area contributed by atoms with Crippen LogP contribution in [0.25, 0.3) is 0 Å². The fourth-order valence-corrected chi connectivity index (χ4v) is 3.44. The smallest absolute Gasteiger partial charge is 0.407 e. The van der Waals surface area contributed by atoms with E-state index in [1.807, 2.05) is 0 Å². The first-order chi connectivity index (χ1) is 9.23. The summed E-state index contributed by atoms with van der Waals surface area (Å²) in [5.41, 5.74) is -0.596. The second-order valence-electron chi connectivity index (χ2n) is 6.68. The summed E-state index contributed by atoms with van der Waals surface area (Å²) in [7, 11) is 1.34. The van der Waals surface area contributed by atoms with E-state index in [0.717, 1.165) is 6.42 Å². The van der Waals surface area contributed by atoms with Crippen molar-refractivity contribution < 1.29 is 24.2 Å². The van der Waals surface area contributed by atoms with Crippen molar-refractivity contribution in [2.45, 2.75) is 51.4 Å². The molecule has 2 aliphatic carbocycles. The molecular formula is C14H23NO5. The molecule has 20 heavy (non-hydrogen) atoms. The van der Waals surface area contributed by atoms with E-state index < -0.39 is 23.8 Å². The maximum Gasteiger partial charge on any atom is 0.407 e. The number of rotatable bonds is 2. The summed E-state index contributed by atoms with van der Waals surface area (Å²) in [6.07, 6.45) is 0.301. The van der Waals surface area contributed by atoms with Crippen LogP contribution < -0.4 is 5.32 Å². The Kier molecular flexibility index (Phi) is 3.95. The number of esters is 1. The molecule has 0 aromatic heterocycles. The average molecular weight is 285 g/mol. The first kappa shape index (κ1) is 15.1. The van der Waals surface area contributed by atoms with Crippen molar-refractivity contribution in [3.05, 3.63) is 0 Å². The molecule has 0 radical (unpaired) electrons. The molecule has 6 nitrogen and oxygen atoms in total. The predicted octanol–water partition coefficient (Wildman–Crippen LogP) is 1.07. The number of fused-ring (bicyclic) bond motifs is 2. The zero-order chi connectivity index (χ0) is 15.1. The van der Waals surface area contributed by atoms with Gasteiger partial charge in [-0.05, 0) is 39.5 Å². The van der Waals surface area contributed by atoms with Gasteiger partial charge in [-0.25, -0.2) is 4.79 Å². The number of aliphatic hydroxyl groups excluding tert-OH is 1. The van der Waals surface area contributed by atoms with Gasteiger partial charge in [0.05, 0.1) is 25.2 Å². The van der Waals surface area contributed by atoms with Gasteiger partial charge in [-0.1, -0.05) is 0 Å². The van der Waals surface area contributed by atoms with Crippen LogP contribution in [0.15, 0.2) is 0 Å². The van der Waals surface area contributed by atoms with Gasteiger partial charge in [0.2, 0.25) is 0 Å². The first-order valence-electron chi connectivity index (χ1n) is 6.98. The molecule has 0 aliphatic heterocycles. The van der Waals surface area contributed by atoms with Gasteiger partial charge in [0.15, 0.2) is 0 Å². The van der Waals surface area contributed by atoms with Crippen molar-refractivity contribution in [1.29, 1.82) is 0 Å². The fourth-order valence-electron chi connectivity index (χ4n) is 3.44. The Balaban J connectivity index is 2.07. The lowest BCUT2D eigenvalue weighted by Crippen LogP contribution is -2.51. The zero-order valence-electron chi connectivity index (χ0n) is 12.4. The zero-order valence-corrected chi connectivity index (χ0v) is 12.4. The monoisotopic (exact) mass is 285 g/mol. The number of nitrogens with one attached hydrogen (secondary N) is 1. The second kappa shape index (κ2) is 5.24. The molecule has 0 spiro atoms. The number of alkyl carbamates (subject to hydrolysis) is 1. The maximum atomic E-state index is 11.9. The van der Waals surface area contributed by atoms with Crippen LogP contribution in [0.4, 0.5) is 4.79 Å². The van der Waals surface area contributed by atoms with Crippen LogP contribution in [0.3, 0.4) is 0 Å². The SMILES string of the molecule is COC(=O)[C@H]1[C@@H]2CC(O)[C@@H](C2)[C@H]1NC(=O)OC(C)(C)C. The Morgan fingerprint density at radius 3 is 2.45 bits per heavy atom. The van der Waals surface area contributed by atoms with E-state index in [4.69, 9.17) is 9.47 Å². The predicted molar refractivity (Wildman–Crippen MR) is 70.9 cm³/mol. The summed E-state index contributed by atoms with van der Waals surface area (Å²) in [6.45, 7) is 5.33. The third-order valence-corrected chi connectivity index (χ3v) is 4.13. The number of carbonyl (C=O) groups excluding carboxylic acids is 2. The average Bonchev–Trinajstić information content (AvgIpc) is 2.82. The topological polar surface area (TPSA) is 84.9 Å². The quantitative estimate of drug-likeness (QED) is 0.741. The van der Waals surface area contributed by atoms with Crippen LogP contribution >= 0.6 is 0 Å². The minimum absolute atomic E-state index is 0.0717. The number of methoxy groups -OCH3 is 1. The van der Waals surface area contributed by atoms with Crippen LogP contribution in [0.1, 0.15) is 33.6 Å². The van der Waals surface area contributed by atoms with Crippen LogP contribution in [0.5, 0.6) is 0 Å².